The highest BCUT2D eigenvalue weighted by molar-refractivity contribution is 5.70. The van der Waals surface area contributed by atoms with Gasteiger partial charge in [0.15, 0.2) is 0 Å². The third-order valence-electron chi connectivity index (χ3n) is 2.46. The molecule has 4 heteroatoms. The molecule has 1 heterocycles. The zero-order valence-electron chi connectivity index (χ0n) is 9.62. The third kappa shape index (κ3) is 5.14. The molecule has 4 nitrogen and oxygen atoms in total. The molecule has 0 aliphatic carbocycles. The van der Waals surface area contributed by atoms with Crippen LogP contribution in [0.4, 0.5) is 0 Å². The van der Waals surface area contributed by atoms with Crippen molar-refractivity contribution in [1.29, 1.82) is 0 Å². The molecule has 88 valence electrons. The van der Waals surface area contributed by atoms with Crippen molar-refractivity contribution in [2.75, 3.05) is 19.8 Å². The van der Waals surface area contributed by atoms with E-state index in [1.165, 1.54) is 0 Å². The van der Waals surface area contributed by atoms with E-state index in [0.717, 1.165) is 26.1 Å². The van der Waals surface area contributed by atoms with Gasteiger partial charge in [-0.3, -0.25) is 4.79 Å². The number of hydrogen-bond donors (Lipinski definition) is 1. The molecule has 2 atom stereocenters. The van der Waals surface area contributed by atoms with E-state index in [1.807, 2.05) is 13.8 Å². The maximum atomic E-state index is 11.2. The van der Waals surface area contributed by atoms with Crippen LogP contribution in [-0.2, 0) is 14.3 Å². The van der Waals surface area contributed by atoms with E-state index in [-0.39, 0.29) is 12.0 Å². The van der Waals surface area contributed by atoms with Crippen molar-refractivity contribution in [2.24, 2.45) is 0 Å². The first kappa shape index (κ1) is 12.5. The minimum absolute atomic E-state index is 0.130. The number of carbonyl (C=O) groups excluding carboxylic acids is 1. The molecular formula is C11H21NO3. The number of carbonyl (C=O) groups is 1. The molecule has 1 fully saturated rings. The van der Waals surface area contributed by atoms with E-state index in [1.54, 1.807) is 0 Å². The number of hydrogen-bond acceptors (Lipinski definition) is 4. The standard InChI is InChI=1S/C11H21NO3/c1-3-15-11(13)7-9(2)12-10-5-4-6-14-8-10/h9-10,12H,3-8H2,1-2H3. The molecule has 1 aliphatic rings. The van der Waals surface area contributed by atoms with Gasteiger partial charge in [0.2, 0.25) is 0 Å². The van der Waals surface area contributed by atoms with Crippen molar-refractivity contribution < 1.29 is 14.3 Å². The summed E-state index contributed by atoms with van der Waals surface area (Å²) in [5.74, 6) is -0.130. The van der Waals surface area contributed by atoms with Crippen LogP contribution >= 0.6 is 0 Å². The molecule has 2 unspecified atom stereocenters. The topological polar surface area (TPSA) is 47.6 Å². The molecule has 0 saturated carbocycles. The normalized spacial score (nSPS) is 23.5. The predicted octanol–water partition coefficient (Wildman–Crippen LogP) is 1.10. The van der Waals surface area contributed by atoms with Crippen LogP contribution in [0.1, 0.15) is 33.1 Å². The second kappa shape index (κ2) is 6.80. The Labute approximate surface area is 91.3 Å². The van der Waals surface area contributed by atoms with Gasteiger partial charge in [0.1, 0.15) is 0 Å². The molecule has 1 rings (SSSR count). The monoisotopic (exact) mass is 215 g/mol. The van der Waals surface area contributed by atoms with Gasteiger partial charge >= 0.3 is 5.97 Å². The smallest absolute Gasteiger partial charge is 0.307 e. The van der Waals surface area contributed by atoms with Gasteiger partial charge in [0.25, 0.3) is 0 Å². The molecule has 0 amide bonds. The highest BCUT2D eigenvalue weighted by Crippen LogP contribution is 2.07. The quantitative estimate of drug-likeness (QED) is 0.698. The molecule has 1 aliphatic heterocycles. The lowest BCUT2D eigenvalue weighted by Gasteiger charge is -2.26. The summed E-state index contributed by atoms with van der Waals surface area (Å²) in [6.45, 7) is 5.91. The summed E-state index contributed by atoms with van der Waals surface area (Å²) in [7, 11) is 0. The van der Waals surface area contributed by atoms with Gasteiger partial charge in [-0.15, -0.1) is 0 Å². The van der Waals surface area contributed by atoms with Gasteiger partial charge in [-0.1, -0.05) is 0 Å². The zero-order chi connectivity index (χ0) is 11.1. The zero-order valence-corrected chi connectivity index (χ0v) is 9.62. The van der Waals surface area contributed by atoms with Crippen molar-refractivity contribution in [3.8, 4) is 0 Å². The number of ether oxygens (including phenoxy) is 2. The molecule has 0 spiro atoms. The van der Waals surface area contributed by atoms with Crippen molar-refractivity contribution in [3.05, 3.63) is 0 Å². The SMILES string of the molecule is CCOC(=O)CC(C)NC1CCCOC1. The summed E-state index contributed by atoms with van der Waals surface area (Å²) < 4.78 is 10.2. The van der Waals surface area contributed by atoms with Crippen LogP contribution in [0, 0.1) is 0 Å². The Hall–Kier alpha value is -0.610. The average molecular weight is 215 g/mol. The summed E-state index contributed by atoms with van der Waals surface area (Å²) in [6, 6.07) is 0.555. The Bertz CT molecular complexity index is 190. The maximum absolute atomic E-state index is 11.2. The van der Waals surface area contributed by atoms with Gasteiger partial charge in [0.05, 0.1) is 19.6 Å². The molecule has 0 radical (unpaired) electrons. The van der Waals surface area contributed by atoms with Crippen LogP contribution in [-0.4, -0.2) is 37.9 Å². The highest BCUT2D eigenvalue weighted by Gasteiger charge is 2.17. The molecule has 15 heavy (non-hydrogen) atoms. The number of nitrogens with one attached hydrogen (secondary N) is 1. The summed E-state index contributed by atoms with van der Waals surface area (Å²) in [5.41, 5.74) is 0. The molecule has 0 aromatic carbocycles. The first-order chi connectivity index (χ1) is 7.22. The van der Waals surface area contributed by atoms with Gasteiger partial charge < -0.3 is 14.8 Å². The maximum Gasteiger partial charge on any atom is 0.307 e. The van der Waals surface area contributed by atoms with E-state index in [9.17, 15) is 4.79 Å². The highest BCUT2D eigenvalue weighted by atomic mass is 16.5. The van der Waals surface area contributed by atoms with Crippen LogP contribution < -0.4 is 5.32 Å². The Morgan fingerprint density at radius 2 is 2.47 bits per heavy atom. The van der Waals surface area contributed by atoms with Crippen LogP contribution in [0.25, 0.3) is 0 Å². The summed E-state index contributed by atoms with van der Waals surface area (Å²) in [6.07, 6.45) is 2.67. The van der Waals surface area contributed by atoms with Crippen LogP contribution in [0.3, 0.4) is 0 Å². The number of rotatable bonds is 5. The Morgan fingerprint density at radius 3 is 3.07 bits per heavy atom. The lowest BCUT2D eigenvalue weighted by molar-refractivity contribution is -0.143. The Morgan fingerprint density at radius 1 is 1.67 bits per heavy atom. The van der Waals surface area contributed by atoms with Crippen LogP contribution in [0.5, 0.6) is 0 Å². The predicted molar refractivity (Wildman–Crippen MR) is 57.7 cm³/mol. The second-order valence-electron chi connectivity index (χ2n) is 3.99. The van der Waals surface area contributed by atoms with Crippen LogP contribution in [0.2, 0.25) is 0 Å². The van der Waals surface area contributed by atoms with E-state index < -0.39 is 0 Å². The van der Waals surface area contributed by atoms with Crippen molar-refractivity contribution in [1.82, 2.24) is 5.32 Å². The molecule has 1 N–H and O–H groups in total. The van der Waals surface area contributed by atoms with Crippen molar-refractivity contribution in [2.45, 2.75) is 45.2 Å². The Balaban J connectivity index is 2.16. The average Bonchev–Trinajstić information content (AvgIpc) is 2.19. The third-order valence-corrected chi connectivity index (χ3v) is 2.46. The fourth-order valence-corrected chi connectivity index (χ4v) is 1.80. The molecule has 0 bridgehead atoms. The Kier molecular flexibility index (Phi) is 5.65. The van der Waals surface area contributed by atoms with E-state index in [2.05, 4.69) is 5.32 Å². The van der Waals surface area contributed by atoms with Crippen LogP contribution in [0.15, 0.2) is 0 Å². The van der Waals surface area contributed by atoms with Gasteiger partial charge in [-0.2, -0.15) is 0 Å². The fourth-order valence-electron chi connectivity index (χ4n) is 1.80. The van der Waals surface area contributed by atoms with E-state index in [0.29, 0.717) is 19.1 Å². The molecular weight excluding hydrogens is 194 g/mol. The minimum Gasteiger partial charge on any atom is -0.466 e. The van der Waals surface area contributed by atoms with Gasteiger partial charge in [-0.25, -0.2) is 0 Å². The summed E-state index contributed by atoms with van der Waals surface area (Å²) in [4.78, 5) is 11.2. The molecule has 0 aromatic heterocycles. The second-order valence-corrected chi connectivity index (χ2v) is 3.99. The fraction of sp³-hybridized carbons (Fsp3) is 0.909. The lowest BCUT2D eigenvalue weighted by atomic mass is 10.1. The van der Waals surface area contributed by atoms with E-state index >= 15 is 0 Å². The lowest BCUT2D eigenvalue weighted by Crippen LogP contribution is -2.42. The molecule has 0 aromatic rings. The van der Waals surface area contributed by atoms with Crippen molar-refractivity contribution >= 4 is 5.97 Å². The number of esters is 1. The van der Waals surface area contributed by atoms with Gasteiger partial charge in [-0.05, 0) is 26.7 Å². The summed E-state index contributed by atoms with van der Waals surface area (Å²) >= 11 is 0. The first-order valence-corrected chi connectivity index (χ1v) is 5.71. The van der Waals surface area contributed by atoms with E-state index in [4.69, 9.17) is 9.47 Å². The molecule has 1 saturated heterocycles. The largest absolute Gasteiger partial charge is 0.466 e. The van der Waals surface area contributed by atoms with Crippen molar-refractivity contribution in [3.63, 3.8) is 0 Å². The first-order valence-electron chi connectivity index (χ1n) is 5.71. The van der Waals surface area contributed by atoms with Gasteiger partial charge in [0, 0.05) is 18.7 Å². The minimum atomic E-state index is -0.130. The summed E-state index contributed by atoms with van der Waals surface area (Å²) in [5, 5.41) is 3.38.